The van der Waals surface area contributed by atoms with Crippen LogP contribution in [0, 0.1) is 12.3 Å². The fourth-order valence-corrected chi connectivity index (χ4v) is 1.38. The van der Waals surface area contributed by atoms with Crippen molar-refractivity contribution in [2.24, 2.45) is 0 Å². The van der Waals surface area contributed by atoms with E-state index < -0.39 is 0 Å². The Bertz CT molecular complexity index is 299. The van der Waals surface area contributed by atoms with Gasteiger partial charge in [-0.3, -0.25) is 0 Å². The summed E-state index contributed by atoms with van der Waals surface area (Å²) in [6.45, 7) is 0. The van der Waals surface area contributed by atoms with Crippen LogP contribution in [0.5, 0.6) is 0 Å². The number of terminal acetylenes is 1. The molecule has 0 atom stereocenters. The minimum atomic E-state index is 0.582. The fraction of sp³-hybridized carbons (Fsp3) is 0.111. The Morgan fingerprint density at radius 2 is 2.27 bits per heavy atom. The molecule has 0 amide bonds. The van der Waals surface area contributed by atoms with Gasteiger partial charge >= 0.3 is 0 Å². The van der Waals surface area contributed by atoms with Gasteiger partial charge in [0, 0.05) is 15.9 Å². The molecule has 0 spiro atoms. The van der Waals surface area contributed by atoms with Crippen LogP contribution in [0.4, 0.5) is 0 Å². The summed E-state index contributed by atoms with van der Waals surface area (Å²) in [5.74, 6) is 2.55. The molecule has 0 fully saturated rings. The average Bonchev–Trinajstić information content (AvgIpc) is 1.98. The molecule has 0 saturated carbocycles. The Hall–Kier alpha value is -0.450. The van der Waals surface area contributed by atoms with Crippen LogP contribution in [0.3, 0.4) is 0 Å². The third-order valence-corrected chi connectivity index (χ3v) is 2.16. The lowest BCUT2D eigenvalue weighted by Gasteiger charge is -1.99. The van der Waals surface area contributed by atoms with Crippen LogP contribution in [-0.4, -0.2) is 0 Å². The number of hydrogen-bond donors (Lipinski definition) is 0. The van der Waals surface area contributed by atoms with E-state index in [0.29, 0.717) is 6.42 Å². The zero-order chi connectivity index (χ0) is 8.27. The molecule has 56 valence electrons. The van der Waals surface area contributed by atoms with Crippen molar-refractivity contribution in [3.05, 3.63) is 33.3 Å². The first kappa shape index (κ1) is 8.64. The minimum absolute atomic E-state index is 0.582. The van der Waals surface area contributed by atoms with E-state index in [1.165, 1.54) is 0 Å². The summed E-state index contributed by atoms with van der Waals surface area (Å²) in [7, 11) is 0. The molecule has 0 aliphatic heterocycles. The van der Waals surface area contributed by atoms with Crippen LogP contribution in [-0.2, 0) is 6.42 Å². The second kappa shape index (κ2) is 3.80. The molecule has 0 bridgehead atoms. The van der Waals surface area contributed by atoms with Crippen molar-refractivity contribution in [1.82, 2.24) is 0 Å². The highest BCUT2D eigenvalue weighted by molar-refractivity contribution is 9.10. The minimum Gasteiger partial charge on any atom is -0.120 e. The maximum absolute atomic E-state index is 5.86. The van der Waals surface area contributed by atoms with Crippen molar-refractivity contribution in [3.8, 4) is 12.3 Å². The summed E-state index contributed by atoms with van der Waals surface area (Å²) in [4.78, 5) is 0. The molecule has 0 nitrogen and oxygen atoms in total. The van der Waals surface area contributed by atoms with Crippen molar-refractivity contribution in [3.63, 3.8) is 0 Å². The number of hydrogen-bond acceptors (Lipinski definition) is 0. The maximum Gasteiger partial charge on any atom is 0.0448 e. The smallest absolute Gasteiger partial charge is 0.0448 e. The van der Waals surface area contributed by atoms with Gasteiger partial charge in [0.05, 0.1) is 0 Å². The van der Waals surface area contributed by atoms with E-state index in [0.717, 1.165) is 15.1 Å². The van der Waals surface area contributed by atoms with Crippen molar-refractivity contribution in [2.45, 2.75) is 6.42 Å². The van der Waals surface area contributed by atoms with E-state index in [1.54, 1.807) is 0 Å². The molecule has 0 aliphatic carbocycles. The summed E-state index contributed by atoms with van der Waals surface area (Å²) < 4.78 is 1.01. The lowest BCUT2D eigenvalue weighted by molar-refractivity contribution is 1.31. The molecule has 1 aromatic rings. The fourth-order valence-electron chi connectivity index (χ4n) is 0.789. The second-order valence-electron chi connectivity index (χ2n) is 2.12. The first-order chi connectivity index (χ1) is 5.24. The number of rotatable bonds is 1. The van der Waals surface area contributed by atoms with E-state index in [1.807, 2.05) is 18.2 Å². The van der Waals surface area contributed by atoms with Gasteiger partial charge in [-0.25, -0.2) is 0 Å². The molecule has 0 radical (unpaired) electrons. The Labute approximate surface area is 79.7 Å². The van der Waals surface area contributed by atoms with Gasteiger partial charge in [-0.2, -0.15) is 0 Å². The standard InChI is InChI=1S/C9H6BrCl/c1-2-3-7-6-8(10)4-5-9(7)11/h1,4-6H,3H2. The van der Waals surface area contributed by atoms with Gasteiger partial charge in [0.15, 0.2) is 0 Å². The predicted molar refractivity (Wildman–Crippen MR) is 51.7 cm³/mol. The van der Waals surface area contributed by atoms with Gasteiger partial charge in [-0.15, -0.1) is 12.3 Å². The highest BCUT2D eigenvalue weighted by atomic mass is 79.9. The van der Waals surface area contributed by atoms with Gasteiger partial charge in [0.25, 0.3) is 0 Å². The molecule has 1 rings (SSSR count). The first-order valence-corrected chi connectivity index (χ1v) is 4.28. The van der Waals surface area contributed by atoms with Gasteiger partial charge in [0.2, 0.25) is 0 Å². The van der Waals surface area contributed by atoms with E-state index >= 15 is 0 Å². The molecule has 0 aromatic heterocycles. The lowest BCUT2D eigenvalue weighted by Crippen LogP contribution is -1.82. The van der Waals surface area contributed by atoms with Crippen molar-refractivity contribution < 1.29 is 0 Å². The third-order valence-electron chi connectivity index (χ3n) is 1.30. The molecular weight excluding hydrogens is 223 g/mol. The Morgan fingerprint density at radius 1 is 1.55 bits per heavy atom. The van der Waals surface area contributed by atoms with Crippen LogP contribution in [0.1, 0.15) is 5.56 Å². The summed E-state index contributed by atoms with van der Waals surface area (Å²) >= 11 is 9.20. The topological polar surface area (TPSA) is 0 Å². The van der Waals surface area contributed by atoms with Crippen LogP contribution >= 0.6 is 27.5 Å². The summed E-state index contributed by atoms with van der Waals surface area (Å²) in [6.07, 6.45) is 5.74. The van der Waals surface area contributed by atoms with Crippen LogP contribution in [0.15, 0.2) is 22.7 Å². The van der Waals surface area contributed by atoms with Crippen molar-refractivity contribution >= 4 is 27.5 Å². The molecular formula is C9H6BrCl. The maximum atomic E-state index is 5.86. The van der Waals surface area contributed by atoms with Crippen LogP contribution < -0.4 is 0 Å². The zero-order valence-corrected chi connectivity index (χ0v) is 8.11. The largest absolute Gasteiger partial charge is 0.120 e. The average molecular weight is 230 g/mol. The first-order valence-electron chi connectivity index (χ1n) is 3.11. The van der Waals surface area contributed by atoms with Gasteiger partial charge in [-0.05, 0) is 23.8 Å². The van der Waals surface area contributed by atoms with E-state index in [4.69, 9.17) is 18.0 Å². The Kier molecular flexibility index (Phi) is 2.99. The van der Waals surface area contributed by atoms with E-state index in [9.17, 15) is 0 Å². The monoisotopic (exact) mass is 228 g/mol. The second-order valence-corrected chi connectivity index (χ2v) is 3.44. The normalized spacial score (nSPS) is 9.18. The molecule has 1 aromatic carbocycles. The summed E-state index contributed by atoms with van der Waals surface area (Å²) in [5, 5.41) is 0.728. The molecule has 11 heavy (non-hydrogen) atoms. The van der Waals surface area contributed by atoms with Gasteiger partial charge < -0.3 is 0 Å². The highest BCUT2D eigenvalue weighted by Crippen LogP contribution is 2.20. The highest BCUT2D eigenvalue weighted by Gasteiger charge is 1.97. The van der Waals surface area contributed by atoms with Crippen LogP contribution in [0.2, 0.25) is 5.02 Å². The molecule has 2 heteroatoms. The molecule has 0 aliphatic rings. The van der Waals surface area contributed by atoms with Crippen molar-refractivity contribution in [1.29, 1.82) is 0 Å². The van der Waals surface area contributed by atoms with E-state index in [2.05, 4.69) is 21.9 Å². The van der Waals surface area contributed by atoms with Gasteiger partial charge in [0.1, 0.15) is 0 Å². The number of halogens is 2. The summed E-state index contributed by atoms with van der Waals surface area (Å²) in [5.41, 5.74) is 0.989. The molecule has 0 saturated heterocycles. The predicted octanol–water partition coefficient (Wildman–Crippen LogP) is 3.28. The van der Waals surface area contributed by atoms with Crippen LogP contribution in [0.25, 0.3) is 0 Å². The zero-order valence-electron chi connectivity index (χ0n) is 5.77. The van der Waals surface area contributed by atoms with Gasteiger partial charge in [-0.1, -0.05) is 27.5 Å². The molecule has 0 N–H and O–H groups in total. The van der Waals surface area contributed by atoms with E-state index in [-0.39, 0.29) is 0 Å². The number of benzene rings is 1. The Balaban J connectivity index is 3.05. The lowest BCUT2D eigenvalue weighted by atomic mass is 10.2. The SMILES string of the molecule is C#CCc1cc(Br)ccc1Cl. The molecule has 0 heterocycles. The Morgan fingerprint density at radius 3 is 2.91 bits per heavy atom. The van der Waals surface area contributed by atoms with Crippen molar-refractivity contribution in [2.75, 3.05) is 0 Å². The summed E-state index contributed by atoms with van der Waals surface area (Å²) in [6, 6.07) is 5.66. The third kappa shape index (κ3) is 2.25. The quantitative estimate of drug-likeness (QED) is 0.648. The molecule has 0 unspecified atom stereocenters.